The molecule has 0 fully saturated rings. The average molecular weight is 275 g/mol. The Bertz CT molecular complexity index is 289. The van der Waals surface area contributed by atoms with Crippen molar-refractivity contribution >= 4 is 11.9 Å². The maximum Gasteiger partial charge on any atom is 0.354 e. The van der Waals surface area contributed by atoms with E-state index in [4.69, 9.17) is 10.2 Å². The minimum Gasteiger partial charge on any atom is -0.478 e. The molecule has 0 bridgehead atoms. The molecule has 0 aromatic carbocycles. The first-order chi connectivity index (χ1) is 5.61. The second-order valence-corrected chi connectivity index (χ2v) is 2.04. The van der Waals surface area contributed by atoms with Crippen molar-refractivity contribution in [2.75, 3.05) is 0 Å². The Morgan fingerprint density at radius 1 is 1.15 bits per heavy atom. The van der Waals surface area contributed by atoms with Gasteiger partial charge >= 0.3 is 11.9 Å². The topological polar surface area (TPSA) is 87.5 Å². The Morgan fingerprint density at radius 3 is 2.08 bits per heavy atom. The van der Waals surface area contributed by atoms with Crippen LogP contribution in [0.4, 0.5) is 0 Å². The monoisotopic (exact) mass is 274 g/mol. The molecule has 2 N–H and O–H groups in total. The van der Waals surface area contributed by atoms with Crippen LogP contribution in [0.5, 0.6) is 0 Å². The van der Waals surface area contributed by atoms with E-state index in [0.29, 0.717) is 0 Å². The van der Waals surface area contributed by atoms with Crippen molar-refractivity contribution in [3.05, 3.63) is 29.6 Å². The van der Waals surface area contributed by atoms with Crippen LogP contribution < -0.4 is 0 Å². The van der Waals surface area contributed by atoms with Crippen LogP contribution in [-0.4, -0.2) is 27.1 Å². The van der Waals surface area contributed by atoms with Crippen molar-refractivity contribution in [2.24, 2.45) is 0 Å². The number of rotatable bonds is 2. The molecule has 0 aliphatic rings. The minimum absolute atomic E-state index is 0. The van der Waals surface area contributed by atoms with Crippen molar-refractivity contribution in [1.82, 2.24) is 4.98 Å². The number of pyridine rings is 1. The summed E-state index contributed by atoms with van der Waals surface area (Å²) in [5.74, 6) is -2.30. The standard InChI is InChI=1S/C7H5NO4.Ag/c9-6(10)4-1-2-5(7(11)12)8-3-4;/h1-3H,(H,9,10)(H,11,12);. The van der Waals surface area contributed by atoms with Gasteiger partial charge < -0.3 is 10.2 Å². The fourth-order valence-electron chi connectivity index (χ4n) is 0.647. The van der Waals surface area contributed by atoms with E-state index in [9.17, 15) is 9.59 Å². The minimum atomic E-state index is -1.17. The summed E-state index contributed by atoms with van der Waals surface area (Å²) in [7, 11) is 0. The first-order valence-corrected chi connectivity index (χ1v) is 3.04. The van der Waals surface area contributed by atoms with E-state index in [1.54, 1.807) is 0 Å². The molecule has 0 spiro atoms. The number of carbonyl (C=O) groups is 2. The average Bonchev–Trinajstić information content (AvgIpc) is 2.04. The van der Waals surface area contributed by atoms with Gasteiger partial charge in [-0.25, -0.2) is 14.6 Å². The largest absolute Gasteiger partial charge is 0.478 e. The summed E-state index contributed by atoms with van der Waals surface area (Å²) < 4.78 is 0. The van der Waals surface area contributed by atoms with Crippen LogP contribution in [0.3, 0.4) is 0 Å². The Labute approximate surface area is 88.9 Å². The van der Waals surface area contributed by atoms with Crippen molar-refractivity contribution in [3.8, 4) is 0 Å². The van der Waals surface area contributed by atoms with Gasteiger partial charge in [0.25, 0.3) is 0 Å². The van der Waals surface area contributed by atoms with Gasteiger partial charge in [-0.3, -0.25) is 0 Å². The maximum absolute atomic E-state index is 10.3. The van der Waals surface area contributed by atoms with E-state index in [-0.39, 0.29) is 33.6 Å². The van der Waals surface area contributed by atoms with Gasteiger partial charge in [0.1, 0.15) is 5.69 Å². The molecule has 0 atom stereocenters. The molecule has 0 aliphatic heterocycles. The van der Waals surface area contributed by atoms with Crippen LogP contribution in [0.1, 0.15) is 20.8 Å². The number of carboxylic acid groups (broad SMARTS) is 2. The van der Waals surface area contributed by atoms with Gasteiger partial charge in [-0.2, -0.15) is 0 Å². The second-order valence-electron chi connectivity index (χ2n) is 2.04. The number of hydrogen-bond donors (Lipinski definition) is 2. The maximum atomic E-state index is 10.3. The second kappa shape index (κ2) is 4.76. The third kappa shape index (κ3) is 2.98. The molecule has 73 valence electrons. The Hall–Kier alpha value is -1.17. The van der Waals surface area contributed by atoms with Crippen LogP contribution in [0.25, 0.3) is 0 Å². The van der Waals surface area contributed by atoms with Gasteiger partial charge in [0.2, 0.25) is 0 Å². The van der Waals surface area contributed by atoms with Crippen molar-refractivity contribution in [1.29, 1.82) is 0 Å². The first-order valence-electron chi connectivity index (χ1n) is 3.04. The smallest absolute Gasteiger partial charge is 0.354 e. The molecule has 5 nitrogen and oxygen atoms in total. The Kier molecular flexibility index (Phi) is 4.33. The van der Waals surface area contributed by atoms with Gasteiger partial charge in [0.05, 0.1) is 5.56 Å². The molecule has 0 aliphatic carbocycles. The van der Waals surface area contributed by atoms with E-state index < -0.39 is 11.9 Å². The molecule has 1 rings (SSSR count). The molecule has 0 saturated carbocycles. The molecule has 0 saturated heterocycles. The number of carboxylic acids is 2. The molecule has 1 aromatic heterocycles. The summed E-state index contributed by atoms with van der Waals surface area (Å²) in [6, 6.07) is 2.34. The predicted molar refractivity (Wildman–Crippen MR) is 38.2 cm³/mol. The number of hydrogen-bond acceptors (Lipinski definition) is 3. The molecule has 0 unspecified atom stereocenters. The summed E-state index contributed by atoms with van der Waals surface area (Å²) >= 11 is 0. The number of nitrogens with zero attached hydrogens (tertiary/aromatic N) is 1. The number of aromatic carboxylic acids is 2. The summed E-state index contributed by atoms with van der Waals surface area (Å²) in [4.78, 5) is 24.0. The van der Waals surface area contributed by atoms with Crippen LogP contribution in [-0.2, 0) is 22.4 Å². The number of aromatic nitrogens is 1. The predicted octanol–water partition coefficient (Wildman–Crippen LogP) is 0.475. The van der Waals surface area contributed by atoms with E-state index in [2.05, 4.69) is 4.98 Å². The van der Waals surface area contributed by atoms with Crippen molar-refractivity contribution < 1.29 is 42.2 Å². The normalized spacial score (nSPS) is 8.62. The van der Waals surface area contributed by atoms with Crippen LogP contribution >= 0.6 is 0 Å². The molecule has 6 heteroatoms. The fourth-order valence-corrected chi connectivity index (χ4v) is 0.647. The Morgan fingerprint density at radius 2 is 1.77 bits per heavy atom. The SMILES string of the molecule is O=C(O)c1ccc(C(=O)O)nc1.[Ag]. The van der Waals surface area contributed by atoms with Crippen molar-refractivity contribution in [3.63, 3.8) is 0 Å². The van der Waals surface area contributed by atoms with Crippen molar-refractivity contribution in [2.45, 2.75) is 0 Å². The van der Waals surface area contributed by atoms with Crippen LogP contribution in [0, 0.1) is 0 Å². The van der Waals surface area contributed by atoms with Crippen LogP contribution in [0.15, 0.2) is 18.3 Å². The molecule has 1 aromatic rings. The van der Waals surface area contributed by atoms with Gasteiger partial charge in [-0.1, -0.05) is 0 Å². The Balaban J connectivity index is 0.00000144. The van der Waals surface area contributed by atoms with Crippen LogP contribution in [0.2, 0.25) is 0 Å². The summed E-state index contributed by atoms with van der Waals surface area (Å²) in [6.07, 6.45) is 1.01. The van der Waals surface area contributed by atoms with E-state index in [1.165, 1.54) is 6.07 Å². The molecule has 13 heavy (non-hydrogen) atoms. The van der Waals surface area contributed by atoms with Gasteiger partial charge in [0, 0.05) is 28.6 Å². The zero-order chi connectivity index (χ0) is 9.14. The zero-order valence-corrected chi connectivity index (χ0v) is 7.67. The molecule has 1 heterocycles. The fraction of sp³-hybridized carbons (Fsp3) is 0. The zero-order valence-electron chi connectivity index (χ0n) is 6.19. The summed E-state index contributed by atoms with van der Waals surface area (Å²) in [5, 5.41) is 16.8. The summed E-state index contributed by atoms with van der Waals surface area (Å²) in [5.41, 5.74) is -0.194. The molecule has 1 radical (unpaired) electrons. The van der Waals surface area contributed by atoms with E-state index >= 15 is 0 Å². The third-order valence-electron chi connectivity index (χ3n) is 1.23. The van der Waals surface area contributed by atoms with Gasteiger partial charge in [-0.05, 0) is 12.1 Å². The summed E-state index contributed by atoms with van der Waals surface area (Å²) in [6.45, 7) is 0. The molecule has 0 amide bonds. The van der Waals surface area contributed by atoms with E-state index in [0.717, 1.165) is 12.3 Å². The van der Waals surface area contributed by atoms with E-state index in [1.807, 2.05) is 0 Å². The molecular formula is C7H5AgNO4. The first kappa shape index (κ1) is 11.8. The van der Waals surface area contributed by atoms with Gasteiger partial charge in [0.15, 0.2) is 0 Å². The quantitative estimate of drug-likeness (QED) is 0.766. The molecular weight excluding hydrogens is 270 g/mol. The third-order valence-corrected chi connectivity index (χ3v) is 1.23. The van der Waals surface area contributed by atoms with Gasteiger partial charge in [-0.15, -0.1) is 0 Å².